The molecular weight excluding hydrogens is 206 g/mol. The minimum absolute atomic E-state index is 0.131. The van der Waals surface area contributed by atoms with Crippen molar-refractivity contribution in [3.05, 3.63) is 39.8 Å². The monoisotopic (exact) mass is 221 g/mol. The van der Waals surface area contributed by atoms with Crippen LogP contribution in [-0.4, -0.2) is 16.1 Å². The third kappa shape index (κ3) is 3.08. The van der Waals surface area contributed by atoms with E-state index < -0.39 is 5.97 Å². The zero-order chi connectivity index (χ0) is 12.3. The Morgan fingerprint density at radius 1 is 1.38 bits per heavy atom. The molecule has 0 saturated heterocycles. The summed E-state index contributed by atoms with van der Waals surface area (Å²) in [6.07, 6.45) is 2.23. The van der Waals surface area contributed by atoms with Gasteiger partial charge < -0.3 is 10.1 Å². The number of aromatic amines is 1. The van der Waals surface area contributed by atoms with E-state index in [9.17, 15) is 9.59 Å². The van der Waals surface area contributed by atoms with E-state index in [2.05, 4.69) is 4.98 Å². The highest BCUT2D eigenvalue weighted by atomic mass is 16.4. The van der Waals surface area contributed by atoms with E-state index >= 15 is 0 Å². The molecule has 0 fully saturated rings. The van der Waals surface area contributed by atoms with Gasteiger partial charge in [-0.25, -0.2) is 4.79 Å². The second-order valence-electron chi connectivity index (χ2n) is 4.58. The first-order chi connectivity index (χ1) is 7.30. The fourth-order valence-electron chi connectivity index (χ4n) is 1.21. The van der Waals surface area contributed by atoms with Gasteiger partial charge in [0.15, 0.2) is 0 Å². The molecule has 0 unspecified atom stereocenters. The van der Waals surface area contributed by atoms with Crippen LogP contribution in [0.1, 0.15) is 32.0 Å². The molecule has 0 atom stereocenters. The van der Waals surface area contributed by atoms with Crippen molar-refractivity contribution in [2.24, 2.45) is 0 Å². The predicted octanol–water partition coefficient (Wildman–Crippen LogP) is 1.77. The van der Waals surface area contributed by atoms with Gasteiger partial charge in [-0.1, -0.05) is 20.8 Å². The molecule has 1 rings (SSSR count). The summed E-state index contributed by atoms with van der Waals surface area (Å²) >= 11 is 0. The molecule has 16 heavy (non-hydrogen) atoms. The largest absolute Gasteiger partial charge is 0.478 e. The van der Waals surface area contributed by atoms with Gasteiger partial charge in [0.25, 0.3) is 5.56 Å². The molecule has 4 heteroatoms. The maximum atomic E-state index is 11.6. The molecule has 0 aliphatic rings. The summed E-state index contributed by atoms with van der Waals surface area (Å²) in [5, 5.41) is 8.45. The van der Waals surface area contributed by atoms with Crippen molar-refractivity contribution in [1.29, 1.82) is 0 Å². The van der Waals surface area contributed by atoms with E-state index in [0.717, 1.165) is 11.8 Å². The third-order valence-corrected chi connectivity index (χ3v) is 2.15. The second kappa shape index (κ2) is 4.35. The number of H-pyrrole nitrogens is 1. The number of nitrogens with one attached hydrogen (secondary N) is 1. The van der Waals surface area contributed by atoms with E-state index in [4.69, 9.17) is 5.11 Å². The van der Waals surface area contributed by atoms with Gasteiger partial charge in [0.05, 0.1) is 0 Å². The first-order valence-electron chi connectivity index (χ1n) is 4.95. The molecule has 1 aromatic rings. The lowest BCUT2D eigenvalue weighted by molar-refractivity contribution is -0.131. The summed E-state index contributed by atoms with van der Waals surface area (Å²) in [7, 11) is 0. The van der Waals surface area contributed by atoms with Crippen LogP contribution in [0.3, 0.4) is 0 Å². The molecule has 0 bridgehead atoms. The zero-order valence-electron chi connectivity index (χ0n) is 9.57. The molecule has 86 valence electrons. The van der Waals surface area contributed by atoms with Gasteiger partial charge >= 0.3 is 5.97 Å². The summed E-state index contributed by atoms with van der Waals surface area (Å²) in [6, 6.07) is 3.42. The predicted molar refractivity (Wildman–Crippen MR) is 62.4 cm³/mol. The molecule has 1 heterocycles. The maximum absolute atomic E-state index is 11.6. The molecule has 0 amide bonds. The Hall–Kier alpha value is -1.84. The highest BCUT2D eigenvalue weighted by molar-refractivity contribution is 5.85. The van der Waals surface area contributed by atoms with E-state index in [-0.39, 0.29) is 11.0 Å². The number of hydrogen-bond donors (Lipinski definition) is 2. The lowest BCUT2D eigenvalue weighted by atomic mass is 9.91. The number of pyridine rings is 1. The Morgan fingerprint density at radius 3 is 2.44 bits per heavy atom. The van der Waals surface area contributed by atoms with E-state index in [1.807, 2.05) is 20.8 Å². The molecule has 0 aliphatic heterocycles. The minimum atomic E-state index is -1.07. The van der Waals surface area contributed by atoms with Crippen LogP contribution in [0.5, 0.6) is 0 Å². The third-order valence-electron chi connectivity index (χ3n) is 2.15. The smallest absolute Gasteiger partial charge is 0.328 e. The van der Waals surface area contributed by atoms with Gasteiger partial charge in [-0.05, 0) is 18.2 Å². The number of aliphatic carboxylic acids is 1. The highest BCUT2D eigenvalue weighted by Gasteiger charge is 2.14. The lowest BCUT2D eigenvalue weighted by Gasteiger charge is -2.18. The average Bonchev–Trinajstić information content (AvgIpc) is 2.14. The second-order valence-corrected chi connectivity index (χ2v) is 4.58. The normalized spacial score (nSPS) is 11.9. The van der Waals surface area contributed by atoms with Crippen molar-refractivity contribution in [1.82, 2.24) is 4.98 Å². The Kier molecular flexibility index (Phi) is 3.32. The van der Waals surface area contributed by atoms with Crippen LogP contribution < -0.4 is 5.56 Å². The first kappa shape index (κ1) is 12.2. The zero-order valence-corrected chi connectivity index (χ0v) is 9.57. The Bertz CT molecular complexity index is 478. The molecular formula is C12H15NO3. The number of carboxylic acids is 1. The quantitative estimate of drug-likeness (QED) is 0.748. The summed E-state index contributed by atoms with van der Waals surface area (Å²) in [6.45, 7) is 5.97. The van der Waals surface area contributed by atoms with Gasteiger partial charge in [-0.3, -0.25) is 4.79 Å². The van der Waals surface area contributed by atoms with Crippen molar-refractivity contribution < 1.29 is 9.90 Å². The Morgan fingerprint density at radius 2 is 2.00 bits per heavy atom. The average molecular weight is 221 g/mol. The molecule has 1 aromatic heterocycles. The van der Waals surface area contributed by atoms with Crippen molar-refractivity contribution >= 4 is 12.0 Å². The van der Waals surface area contributed by atoms with E-state index in [1.165, 1.54) is 6.08 Å². The Balaban J connectivity index is 3.11. The number of rotatable bonds is 2. The van der Waals surface area contributed by atoms with Gasteiger partial charge in [0, 0.05) is 22.7 Å². The van der Waals surface area contributed by atoms with Crippen LogP contribution in [0, 0.1) is 0 Å². The van der Waals surface area contributed by atoms with Crippen molar-refractivity contribution in [2.75, 3.05) is 0 Å². The number of aromatic nitrogens is 1. The van der Waals surface area contributed by atoms with Crippen molar-refractivity contribution in [3.8, 4) is 0 Å². The number of carboxylic acid groups (broad SMARTS) is 1. The van der Waals surface area contributed by atoms with Crippen LogP contribution in [-0.2, 0) is 10.2 Å². The van der Waals surface area contributed by atoms with Crippen LogP contribution in [0.4, 0.5) is 0 Å². The topological polar surface area (TPSA) is 70.2 Å². The molecule has 0 saturated carbocycles. The fraction of sp³-hybridized carbons (Fsp3) is 0.333. The van der Waals surface area contributed by atoms with Crippen LogP contribution in [0.2, 0.25) is 0 Å². The first-order valence-corrected chi connectivity index (χ1v) is 4.95. The van der Waals surface area contributed by atoms with Crippen molar-refractivity contribution in [3.63, 3.8) is 0 Å². The molecule has 0 radical (unpaired) electrons. The van der Waals surface area contributed by atoms with Gasteiger partial charge in [0.2, 0.25) is 0 Å². The number of hydrogen-bond acceptors (Lipinski definition) is 2. The summed E-state index contributed by atoms with van der Waals surface area (Å²) in [5.41, 5.74) is 0.763. The van der Waals surface area contributed by atoms with Crippen molar-refractivity contribution in [2.45, 2.75) is 26.2 Å². The Labute approximate surface area is 93.6 Å². The van der Waals surface area contributed by atoms with Crippen LogP contribution >= 0.6 is 0 Å². The SMILES string of the molecule is CC(C)(C)c1ccc(/C=C/C(=O)O)c(=O)[nH]1. The van der Waals surface area contributed by atoms with E-state index in [0.29, 0.717) is 5.56 Å². The molecule has 0 spiro atoms. The molecule has 0 aliphatic carbocycles. The van der Waals surface area contributed by atoms with Crippen LogP contribution in [0.15, 0.2) is 23.0 Å². The van der Waals surface area contributed by atoms with Crippen LogP contribution in [0.25, 0.3) is 6.08 Å². The highest BCUT2D eigenvalue weighted by Crippen LogP contribution is 2.18. The maximum Gasteiger partial charge on any atom is 0.328 e. The summed E-state index contributed by atoms with van der Waals surface area (Å²) in [4.78, 5) is 24.7. The van der Waals surface area contributed by atoms with Gasteiger partial charge in [0.1, 0.15) is 0 Å². The van der Waals surface area contributed by atoms with E-state index in [1.54, 1.807) is 12.1 Å². The molecule has 4 nitrogen and oxygen atoms in total. The minimum Gasteiger partial charge on any atom is -0.478 e. The fourth-order valence-corrected chi connectivity index (χ4v) is 1.21. The molecule has 2 N–H and O–H groups in total. The molecule has 0 aromatic carbocycles. The summed E-state index contributed by atoms with van der Waals surface area (Å²) in [5.74, 6) is -1.07. The number of carbonyl (C=O) groups is 1. The standard InChI is InChI=1S/C12H15NO3/c1-12(2,3)9-6-4-8(11(16)13-9)5-7-10(14)15/h4-7H,1-3H3,(H,13,16)(H,14,15)/b7-5+. The van der Waals surface area contributed by atoms with Gasteiger partial charge in [-0.2, -0.15) is 0 Å². The summed E-state index contributed by atoms with van der Waals surface area (Å²) < 4.78 is 0. The lowest BCUT2D eigenvalue weighted by Crippen LogP contribution is -2.20. The van der Waals surface area contributed by atoms with Gasteiger partial charge in [-0.15, -0.1) is 0 Å².